The molecule has 2 amide bonds. The number of fused-ring (bicyclic) bond motifs is 1. The Kier molecular flexibility index (Phi) is 8.89. The molecule has 2 heterocycles. The van der Waals surface area contributed by atoms with Gasteiger partial charge in [-0.1, -0.05) is 25.0 Å². The zero-order valence-electron chi connectivity index (χ0n) is 23.3. The van der Waals surface area contributed by atoms with Crippen molar-refractivity contribution in [2.45, 2.75) is 78.2 Å². The van der Waals surface area contributed by atoms with Crippen LogP contribution in [0.2, 0.25) is 0 Å². The Labute approximate surface area is 230 Å². The maximum Gasteiger partial charge on any atom is 0.293 e. The van der Waals surface area contributed by atoms with E-state index < -0.39 is 5.60 Å². The molecule has 204 valence electrons. The first-order chi connectivity index (χ1) is 18.1. The third kappa shape index (κ3) is 6.10. The predicted molar refractivity (Wildman–Crippen MR) is 155 cm³/mol. The number of benzene rings is 2. The number of unbranched alkanes of at least 4 members (excludes halogenated alkanes) is 3. The Bertz CT molecular complexity index is 1240. The Morgan fingerprint density at radius 1 is 1.05 bits per heavy atom. The number of carbonyl (C=O) groups excluding carboxylic acids is 2. The van der Waals surface area contributed by atoms with E-state index in [0.29, 0.717) is 11.5 Å². The van der Waals surface area contributed by atoms with Crippen LogP contribution in [-0.2, 0) is 17.6 Å². The number of imide groups is 1. The molecule has 2 aromatic rings. The second-order valence-electron chi connectivity index (χ2n) is 10.8. The van der Waals surface area contributed by atoms with Crippen molar-refractivity contribution in [1.29, 1.82) is 0 Å². The van der Waals surface area contributed by atoms with Gasteiger partial charge in [-0.3, -0.25) is 14.5 Å². The molecule has 4 rings (SSSR count). The van der Waals surface area contributed by atoms with Crippen molar-refractivity contribution in [3.05, 3.63) is 62.6 Å². The summed E-state index contributed by atoms with van der Waals surface area (Å²) in [6, 6.07) is 7.57. The lowest BCUT2D eigenvalue weighted by molar-refractivity contribution is -0.121. The Balaban J connectivity index is 1.40. The van der Waals surface area contributed by atoms with Gasteiger partial charge in [0.1, 0.15) is 23.7 Å². The third-order valence-corrected chi connectivity index (χ3v) is 8.84. The molecule has 2 aliphatic rings. The summed E-state index contributed by atoms with van der Waals surface area (Å²) >= 11 is 0.961. The summed E-state index contributed by atoms with van der Waals surface area (Å²) in [7, 11) is 1.50. The van der Waals surface area contributed by atoms with Crippen LogP contribution < -0.4 is 15.2 Å². The Morgan fingerprint density at radius 2 is 1.76 bits per heavy atom. The Hall–Kier alpha value is -2.77. The van der Waals surface area contributed by atoms with E-state index in [1.807, 2.05) is 24.3 Å². The summed E-state index contributed by atoms with van der Waals surface area (Å²) in [5.74, 6) is 1.51. The summed E-state index contributed by atoms with van der Waals surface area (Å²) < 4.78 is 12.8. The first-order valence-electron chi connectivity index (χ1n) is 13.6. The molecular weight excluding hydrogens is 496 g/mol. The minimum absolute atomic E-state index is 0.251. The molecule has 0 spiro atoms. The van der Waals surface area contributed by atoms with Crippen LogP contribution in [0.1, 0.15) is 72.4 Å². The largest absolute Gasteiger partial charge is 0.489 e. The van der Waals surface area contributed by atoms with E-state index in [0.717, 1.165) is 66.0 Å². The van der Waals surface area contributed by atoms with Gasteiger partial charge in [-0.15, -0.1) is 0 Å². The van der Waals surface area contributed by atoms with E-state index in [9.17, 15) is 9.59 Å². The number of amides is 2. The molecule has 2 aliphatic heterocycles. The molecule has 0 aliphatic carbocycles. The van der Waals surface area contributed by atoms with Crippen LogP contribution in [0.15, 0.2) is 29.2 Å². The van der Waals surface area contributed by atoms with E-state index in [1.54, 1.807) is 6.08 Å². The van der Waals surface area contributed by atoms with E-state index in [2.05, 4.69) is 27.7 Å². The molecule has 6 nitrogen and oxygen atoms in total. The van der Waals surface area contributed by atoms with E-state index in [1.165, 1.54) is 54.1 Å². The molecule has 38 heavy (non-hydrogen) atoms. The standard InChI is InChI=1S/C31H40N2O4S/c1-20-21(2)28-26(22(3)25(20)10-8-6-7-9-17-32)15-16-31(4,37-28)19-36-24-13-11-23(12-14-24)18-27-29(34)33(5)30(35)38-27/h11-14,18H,6-10,15-17,19,32H2,1-5H3/b27-18+. The van der Waals surface area contributed by atoms with Gasteiger partial charge in [0, 0.05) is 7.05 Å². The average molecular weight is 537 g/mol. The molecule has 1 unspecified atom stereocenters. The molecule has 0 bridgehead atoms. The van der Waals surface area contributed by atoms with Crippen LogP contribution in [-0.4, -0.2) is 41.8 Å². The fourth-order valence-corrected chi connectivity index (χ4v) is 6.08. The van der Waals surface area contributed by atoms with Gasteiger partial charge in [0.25, 0.3) is 11.1 Å². The molecule has 2 N–H and O–H groups in total. The van der Waals surface area contributed by atoms with Gasteiger partial charge < -0.3 is 15.2 Å². The van der Waals surface area contributed by atoms with Crippen LogP contribution in [0.3, 0.4) is 0 Å². The van der Waals surface area contributed by atoms with Crippen molar-refractivity contribution in [2.75, 3.05) is 20.2 Å². The number of hydrogen-bond acceptors (Lipinski definition) is 6. The molecule has 0 radical (unpaired) electrons. The quantitative estimate of drug-likeness (QED) is 0.276. The normalized spacial score (nSPS) is 20.2. The van der Waals surface area contributed by atoms with Crippen LogP contribution >= 0.6 is 11.8 Å². The van der Waals surface area contributed by atoms with Gasteiger partial charge in [0.05, 0.1) is 4.91 Å². The SMILES string of the molecule is Cc1c(C)c2c(c(C)c1CCCCCCN)CCC(C)(COc1ccc(/C=C3/SC(=O)N(C)C3=O)cc1)O2. The van der Waals surface area contributed by atoms with E-state index >= 15 is 0 Å². The van der Waals surface area contributed by atoms with Gasteiger partial charge in [-0.05, 0) is 130 Å². The van der Waals surface area contributed by atoms with Crippen molar-refractivity contribution >= 4 is 29.0 Å². The lowest BCUT2D eigenvalue weighted by atomic mass is 9.84. The fraction of sp³-hybridized carbons (Fsp3) is 0.484. The second-order valence-corrected chi connectivity index (χ2v) is 11.8. The van der Waals surface area contributed by atoms with Gasteiger partial charge in [-0.2, -0.15) is 0 Å². The maximum atomic E-state index is 12.1. The van der Waals surface area contributed by atoms with Crippen molar-refractivity contribution in [1.82, 2.24) is 4.90 Å². The van der Waals surface area contributed by atoms with E-state index in [-0.39, 0.29) is 11.1 Å². The average Bonchev–Trinajstić information content (AvgIpc) is 3.14. The van der Waals surface area contributed by atoms with Gasteiger partial charge >= 0.3 is 0 Å². The van der Waals surface area contributed by atoms with Crippen LogP contribution in [0, 0.1) is 20.8 Å². The summed E-state index contributed by atoms with van der Waals surface area (Å²) in [5, 5.41) is -0.251. The number of carbonyl (C=O) groups is 2. The number of rotatable bonds is 10. The Morgan fingerprint density at radius 3 is 2.42 bits per heavy atom. The van der Waals surface area contributed by atoms with Gasteiger partial charge in [-0.25, -0.2) is 0 Å². The summed E-state index contributed by atoms with van der Waals surface area (Å²) in [5.41, 5.74) is 12.9. The van der Waals surface area contributed by atoms with Crippen LogP contribution in [0.4, 0.5) is 4.79 Å². The van der Waals surface area contributed by atoms with Crippen molar-refractivity contribution in [3.8, 4) is 11.5 Å². The maximum absolute atomic E-state index is 12.1. The first-order valence-corrected chi connectivity index (χ1v) is 14.4. The van der Waals surface area contributed by atoms with E-state index in [4.69, 9.17) is 15.2 Å². The monoisotopic (exact) mass is 536 g/mol. The molecule has 0 saturated carbocycles. The van der Waals surface area contributed by atoms with Crippen molar-refractivity contribution in [3.63, 3.8) is 0 Å². The molecule has 1 saturated heterocycles. The number of ether oxygens (including phenoxy) is 2. The zero-order chi connectivity index (χ0) is 27.4. The molecule has 1 atom stereocenters. The second kappa shape index (κ2) is 12.0. The summed E-state index contributed by atoms with van der Waals surface area (Å²) in [6.45, 7) is 10.0. The number of nitrogens with two attached hydrogens (primary N) is 1. The number of likely N-dealkylation sites (N-methyl/N-ethyl adjacent to an activating group) is 1. The predicted octanol–water partition coefficient (Wildman–Crippen LogP) is 6.50. The molecular formula is C31H40N2O4S. The zero-order valence-corrected chi connectivity index (χ0v) is 24.1. The summed E-state index contributed by atoms with van der Waals surface area (Å²) in [4.78, 5) is 25.4. The van der Waals surface area contributed by atoms with Crippen LogP contribution in [0.25, 0.3) is 6.08 Å². The highest BCUT2D eigenvalue weighted by Crippen LogP contribution is 2.41. The van der Waals surface area contributed by atoms with Gasteiger partial charge in [0.15, 0.2) is 0 Å². The minimum Gasteiger partial charge on any atom is -0.489 e. The number of thioether (sulfide) groups is 1. The highest BCUT2D eigenvalue weighted by Gasteiger charge is 2.35. The number of hydrogen-bond donors (Lipinski definition) is 1. The lowest BCUT2D eigenvalue weighted by Gasteiger charge is -2.38. The number of nitrogens with zero attached hydrogens (tertiary/aromatic N) is 1. The molecule has 2 aromatic carbocycles. The topological polar surface area (TPSA) is 81.9 Å². The fourth-order valence-electron chi connectivity index (χ4n) is 5.25. The summed E-state index contributed by atoms with van der Waals surface area (Å²) in [6.07, 6.45) is 9.47. The third-order valence-electron chi connectivity index (χ3n) is 7.88. The molecule has 7 heteroatoms. The lowest BCUT2D eigenvalue weighted by Crippen LogP contribution is -2.42. The highest BCUT2D eigenvalue weighted by molar-refractivity contribution is 8.18. The molecule has 0 aromatic heterocycles. The van der Waals surface area contributed by atoms with Crippen LogP contribution in [0.5, 0.6) is 11.5 Å². The minimum atomic E-state index is -0.418. The van der Waals surface area contributed by atoms with Crippen molar-refractivity contribution in [2.24, 2.45) is 5.73 Å². The van der Waals surface area contributed by atoms with Crippen molar-refractivity contribution < 1.29 is 19.1 Å². The molecule has 1 fully saturated rings. The smallest absolute Gasteiger partial charge is 0.293 e. The highest BCUT2D eigenvalue weighted by atomic mass is 32.2. The first kappa shape index (κ1) is 28.2. The van der Waals surface area contributed by atoms with Gasteiger partial charge in [0.2, 0.25) is 0 Å².